The largest absolute Gasteiger partial charge is 0.459 e. The van der Waals surface area contributed by atoms with Crippen molar-refractivity contribution in [2.75, 3.05) is 13.2 Å². The molecule has 1 heterocycles. The maximum absolute atomic E-state index is 13.1. The Morgan fingerprint density at radius 1 is 1.21 bits per heavy atom. The molecule has 0 atom stereocenters. The molecule has 1 amide bonds. The van der Waals surface area contributed by atoms with Crippen LogP contribution < -0.4 is 5.32 Å². The van der Waals surface area contributed by atoms with Gasteiger partial charge in [-0.05, 0) is 48.4 Å². The molecule has 0 bridgehead atoms. The van der Waals surface area contributed by atoms with Crippen LogP contribution in [0.25, 0.3) is 11.1 Å². The molecule has 130 valence electrons. The van der Waals surface area contributed by atoms with Gasteiger partial charge in [-0.25, -0.2) is 4.39 Å². The molecule has 0 fully saturated rings. The number of carbonyl (C=O) groups is 1. The molecule has 0 unspecified atom stereocenters. The van der Waals surface area contributed by atoms with Crippen molar-refractivity contribution < 1.29 is 18.7 Å². The van der Waals surface area contributed by atoms with E-state index in [9.17, 15) is 14.3 Å². The Bertz CT molecular complexity index is 660. The molecule has 2 aromatic rings. The summed E-state index contributed by atoms with van der Waals surface area (Å²) in [6.45, 7) is 4.69. The quantitative estimate of drug-likeness (QED) is 0.767. The van der Waals surface area contributed by atoms with E-state index < -0.39 is 0 Å². The van der Waals surface area contributed by atoms with E-state index in [1.807, 2.05) is 0 Å². The van der Waals surface area contributed by atoms with Crippen molar-refractivity contribution in [1.82, 2.24) is 5.32 Å². The third kappa shape index (κ3) is 4.03. The van der Waals surface area contributed by atoms with Gasteiger partial charge in [-0.2, -0.15) is 0 Å². The van der Waals surface area contributed by atoms with Gasteiger partial charge in [-0.1, -0.05) is 26.0 Å². The van der Waals surface area contributed by atoms with E-state index in [4.69, 9.17) is 4.42 Å². The highest BCUT2D eigenvalue weighted by Crippen LogP contribution is 2.30. The lowest BCUT2D eigenvalue weighted by molar-refractivity contribution is 0.0881. The monoisotopic (exact) mass is 333 g/mol. The maximum Gasteiger partial charge on any atom is 0.287 e. The summed E-state index contributed by atoms with van der Waals surface area (Å²) in [5.41, 5.74) is 1.24. The summed E-state index contributed by atoms with van der Waals surface area (Å²) in [6, 6.07) is 7.63. The molecule has 2 rings (SSSR count). The Morgan fingerprint density at radius 3 is 2.46 bits per heavy atom. The molecule has 24 heavy (non-hydrogen) atoms. The predicted molar refractivity (Wildman–Crippen MR) is 91.2 cm³/mol. The molecule has 0 aliphatic carbocycles. The summed E-state index contributed by atoms with van der Waals surface area (Å²) in [5.74, 6) is -0.414. The van der Waals surface area contributed by atoms with Crippen molar-refractivity contribution in [2.45, 2.75) is 33.1 Å². The molecule has 5 heteroatoms. The van der Waals surface area contributed by atoms with Crippen molar-refractivity contribution in [3.8, 4) is 11.1 Å². The second-order valence-electron chi connectivity index (χ2n) is 6.03. The first-order chi connectivity index (χ1) is 11.5. The number of halogens is 1. The molecule has 1 aromatic heterocycles. The fraction of sp³-hybridized carbons (Fsp3) is 0.421. The highest BCUT2D eigenvalue weighted by molar-refractivity contribution is 5.98. The van der Waals surface area contributed by atoms with E-state index >= 15 is 0 Å². The Balaban J connectivity index is 2.14. The van der Waals surface area contributed by atoms with Crippen LogP contribution in [0.3, 0.4) is 0 Å². The van der Waals surface area contributed by atoms with Crippen LogP contribution in [0.15, 0.2) is 41.0 Å². The number of hydrogen-bond acceptors (Lipinski definition) is 3. The van der Waals surface area contributed by atoms with Gasteiger partial charge in [0.2, 0.25) is 0 Å². The molecule has 1 aromatic carbocycles. The van der Waals surface area contributed by atoms with Crippen molar-refractivity contribution in [2.24, 2.45) is 5.41 Å². The van der Waals surface area contributed by atoms with Gasteiger partial charge in [0, 0.05) is 18.7 Å². The highest BCUT2D eigenvalue weighted by Gasteiger charge is 2.27. The van der Waals surface area contributed by atoms with Crippen molar-refractivity contribution in [3.63, 3.8) is 0 Å². The van der Waals surface area contributed by atoms with Gasteiger partial charge in [0.15, 0.2) is 5.76 Å². The van der Waals surface area contributed by atoms with Gasteiger partial charge in [-0.15, -0.1) is 0 Å². The number of aliphatic hydroxyl groups excluding tert-OH is 1. The van der Waals surface area contributed by atoms with Crippen LogP contribution in [0, 0.1) is 11.2 Å². The van der Waals surface area contributed by atoms with E-state index in [1.54, 1.807) is 18.2 Å². The minimum Gasteiger partial charge on any atom is -0.459 e. The van der Waals surface area contributed by atoms with Crippen molar-refractivity contribution in [3.05, 3.63) is 48.2 Å². The van der Waals surface area contributed by atoms with E-state index in [0.717, 1.165) is 18.4 Å². The lowest BCUT2D eigenvalue weighted by atomic mass is 9.79. The van der Waals surface area contributed by atoms with Crippen LogP contribution in [-0.4, -0.2) is 24.2 Å². The average molecular weight is 333 g/mol. The minimum atomic E-state index is -0.326. The average Bonchev–Trinajstić information content (AvgIpc) is 3.09. The van der Waals surface area contributed by atoms with Crippen molar-refractivity contribution in [1.29, 1.82) is 0 Å². The number of furan rings is 1. The zero-order valence-electron chi connectivity index (χ0n) is 14.1. The summed E-state index contributed by atoms with van der Waals surface area (Å²) in [6.07, 6.45) is 3.83. The van der Waals surface area contributed by atoms with E-state index in [-0.39, 0.29) is 29.5 Å². The van der Waals surface area contributed by atoms with Gasteiger partial charge in [0.25, 0.3) is 5.91 Å². The van der Waals surface area contributed by atoms with Gasteiger partial charge in [0.1, 0.15) is 5.82 Å². The molecular weight excluding hydrogens is 309 g/mol. The number of aliphatic hydroxyl groups is 1. The second kappa shape index (κ2) is 8.11. The number of benzene rings is 1. The zero-order valence-corrected chi connectivity index (χ0v) is 14.1. The molecule has 0 saturated carbocycles. The molecule has 4 nitrogen and oxygen atoms in total. The lowest BCUT2D eigenvalue weighted by Gasteiger charge is -2.31. The molecule has 0 saturated heterocycles. The van der Waals surface area contributed by atoms with Crippen LogP contribution in [-0.2, 0) is 0 Å². The smallest absolute Gasteiger partial charge is 0.287 e. The minimum absolute atomic E-state index is 0.0964. The fourth-order valence-corrected chi connectivity index (χ4v) is 2.87. The number of carbonyl (C=O) groups excluding carboxylic acids is 1. The number of amides is 1. The zero-order chi connectivity index (χ0) is 17.6. The summed E-state index contributed by atoms with van der Waals surface area (Å²) in [5, 5.41) is 12.2. The van der Waals surface area contributed by atoms with Gasteiger partial charge in [0.05, 0.1) is 6.26 Å². The van der Waals surface area contributed by atoms with Crippen molar-refractivity contribution >= 4 is 5.91 Å². The SMILES string of the molecule is CCC(CC)(CCO)CNC(=O)c1occc1-c1ccc(F)cc1. The van der Waals surface area contributed by atoms with Gasteiger partial charge in [-0.3, -0.25) is 4.79 Å². The Hall–Kier alpha value is -2.14. The molecule has 0 aliphatic rings. The lowest BCUT2D eigenvalue weighted by Crippen LogP contribution is -2.37. The Morgan fingerprint density at radius 2 is 1.88 bits per heavy atom. The van der Waals surface area contributed by atoms with Crippen LogP contribution in [0.1, 0.15) is 43.7 Å². The Labute approximate surface area is 141 Å². The first-order valence-corrected chi connectivity index (χ1v) is 8.27. The van der Waals surface area contributed by atoms with E-state index in [1.165, 1.54) is 18.4 Å². The van der Waals surface area contributed by atoms with Crippen LogP contribution in [0.4, 0.5) is 4.39 Å². The normalized spacial score (nSPS) is 11.5. The molecule has 2 N–H and O–H groups in total. The summed E-state index contributed by atoms with van der Waals surface area (Å²) >= 11 is 0. The first kappa shape index (κ1) is 18.2. The topological polar surface area (TPSA) is 62.5 Å². The molecule has 0 spiro atoms. The standard InChI is InChI=1S/C19H24FNO3/c1-3-19(4-2,10-11-22)13-21-18(23)17-16(9-12-24-17)14-5-7-15(20)8-6-14/h5-9,12,22H,3-4,10-11,13H2,1-2H3,(H,21,23). The number of rotatable bonds is 8. The third-order valence-electron chi connectivity index (χ3n) is 4.79. The van der Waals surface area contributed by atoms with Gasteiger partial charge < -0.3 is 14.8 Å². The molecule has 0 aliphatic heterocycles. The number of nitrogens with one attached hydrogen (secondary N) is 1. The number of hydrogen-bond donors (Lipinski definition) is 2. The first-order valence-electron chi connectivity index (χ1n) is 8.27. The highest BCUT2D eigenvalue weighted by atomic mass is 19.1. The summed E-state index contributed by atoms with van der Waals surface area (Å²) in [7, 11) is 0. The fourth-order valence-electron chi connectivity index (χ4n) is 2.87. The summed E-state index contributed by atoms with van der Waals surface area (Å²) < 4.78 is 18.4. The predicted octanol–water partition coefficient (Wildman–Crippen LogP) is 4.00. The van der Waals surface area contributed by atoms with E-state index in [2.05, 4.69) is 19.2 Å². The molecule has 0 radical (unpaired) electrons. The van der Waals surface area contributed by atoms with E-state index in [0.29, 0.717) is 18.5 Å². The van der Waals surface area contributed by atoms with Crippen LogP contribution in [0.5, 0.6) is 0 Å². The molecular formula is C19H24FNO3. The second-order valence-corrected chi connectivity index (χ2v) is 6.03. The van der Waals surface area contributed by atoms with Crippen LogP contribution >= 0.6 is 0 Å². The van der Waals surface area contributed by atoms with Crippen LogP contribution in [0.2, 0.25) is 0 Å². The summed E-state index contributed by atoms with van der Waals surface area (Å²) in [4.78, 5) is 12.5. The third-order valence-corrected chi connectivity index (χ3v) is 4.79. The maximum atomic E-state index is 13.1. The van der Waals surface area contributed by atoms with Gasteiger partial charge >= 0.3 is 0 Å². The Kier molecular flexibility index (Phi) is 6.15.